The Morgan fingerprint density at radius 1 is 1.25 bits per heavy atom. The van der Waals surface area contributed by atoms with E-state index in [-0.39, 0.29) is 5.97 Å². The Bertz CT molecular complexity index is 626. The van der Waals surface area contributed by atoms with Crippen molar-refractivity contribution in [2.45, 2.75) is 13.5 Å². The molecule has 0 heterocycles. The normalized spacial score (nSPS) is 10.2. The van der Waals surface area contributed by atoms with Crippen LogP contribution in [0.3, 0.4) is 0 Å². The molecule has 0 radical (unpaired) electrons. The molecule has 0 aliphatic rings. The maximum Gasteiger partial charge on any atom is 0.337 e. The molecule has 0 saturated heterocycles. The van der Waals surface area contributed by atoms with Gasteiger partial charge >= 0.3 is 5.97 Å². The van der Waals surface area contributed by atoms with Crippen molar-refractivity contribution in [3.05, 3.63) is 64.2 Å². The first kappa shape index (κ1) is 14.4. The van der Waals surface area contributed by atoms with Crippen molar-refractivity contribution >= 4 is 23.3 Å². The van der Waals surface area contributed by atoms with Crippen molar-refractivity contribution in [1.29, 1.82) is 0 Å². The maximum absolute atomic E-state index is 11.4. The molecule has 0 unspecified atom stereocenters. The van der Waals surface area contributed by atoms with Gasteiger partial charge in [-0.3, -0.25) is 0 Å². The van der Waals surface area contributed by atoms with Crippen molar-refractivity contribution < 1.29 is 9.53 Å². The van der Waals surface area contributed by atoms with E-state index in [1.54, 1.807) is 6.07 Å². The molecule has 0 aromatic heterocycles. The lowest BCUT2D eigenvalue weighted by atomic mass is 10.1. The van der Waals surface area contributed by atoms with Gasteiger partial charge in [-0.05, 0) is 48.4 Å². The predicted octanol–water partition coefficient (Wildman–Crippen LogP) is 4.05. The molecule has 0 aliphatic carbocycles. The van der Waals surface area contributed by atoms with Gasteiger partial charge in [0.15, 0.2) is 0 Å². The third-order valence-corrected chi connectivity index (χ3v) is 3.25. The van der Waals surface area contributed by atoms with Crippen LogP contribution < -0.4 is 5.32 Å². The Balaban J connectivity index is 2.08. The van der Waals surface area contributed by atoms with Gasteiger partial charge in [0, 0.05) is 17.3 Å². The van der Waals surface area contributed by atoms with Crippen LogP contribution in [0.25, 0.3) is 0 Å². The number of benzene rings is 2. The van der Waals surface area contributed by atoms with Gasteiger partial charge in [0.05, 0.1) is 12.7 Å². The molecule has 2 aromatic carbocycles. The largest absolute Gasteiger partial charge is 0.465 e. The summed E-state index contributed by atoms with van der Waals surface area (Å²) >= 11 is 5.95. The second kappa shape index (κ2) is 6.44. The summed E-state index contributed by atoms with van der Waals surface area (Å²) in [6.07, 6.45) is 0. The summed E-state index contributed by atoms with van der Waals surface area (Å²) in [7, 11) is 1.38. The summed E-state index contributed by atoms with van der Waals surface area (Å²) in [6.45, 7) is 2.63. The molecule has 0 saturated carbocycles. The summed E-state index contributed by atoms with van der Waals surface area (Å²) in [4.78, 5) is 11.4. The summed E-state index contributed by atoms with van der Waals surface area (Å²) in [6, 6.07) is 13.1. The molecular formula is C16H16ClNO2. The molecule has 20 heavy (non-hydrogen) atoms. The standard InChI is InChI=1S/C16H16ClNO2/c1-11-8-13(16(19)20-2)6-7-15(11)18-10-12-4-3-5-14(17)9-12/h3-9,18H,10H2,1-2H3. The molecule has 0 amide bonds. The van der Waals surface area contributed by atoms with Crippen LogP contribution >= 0.6 is 11.6 Å². The number of carbonyl (C=O) groups excluding carboxylic acids is 1. The van der Waals surface area contributed by atoms with Crippen molar-refractivity contribution in [2.75, 3.05) is 12.4 Å². The van der Waals surface area contributed by atoms with E-state index in [4.69, 9.17) is 16.3 Å². The molecule has 0 fully saturated rings. The highest BCUT2D eigenvalue weighted by Gasteiger charge is 2.07. The van der Waals surface area contributed by atoms with Crippen LogP contribution in [-0.2, 0) is 11.3 Å². The van der Waals surface area contributed by atoms with Crippen LogP contribution in [0, 0.1) is 6.92 Å². The zero-order valence-electron chi connectivity index (χ0n) is 11.4. The predicted molar refractivity (Wildman–Crippen MR) is 81.3 cm³/mol. The average Bonchev–Trinajstić information content (AvgIpc) is 2.45. The van der Waals surface area contributed by atoms with Gasteiger partial charge in [0.25, 0.3) is 0 Å². The van der Waals surface area contributed by atoms with E-state index in [1.807, 2.05) is 43.3 Å². The first-order valence-corrected chi connectivity index (χ1v) is 6.65. The molecule has 0 atom stereocenters. The molecule has 4 heteroatoms. The lowest BCUT2D eigenvalue weighted by Crippen LogP contribution is -2.04. The second-order valence-corrected chi connectivity index (χ2v) is 4.94. The SMILES string of the molecule is COC(=O)c1ccc(NCc2cccc(Cl)c2)c(C)c1. The fourth-order valence-corrected chi connectivity index (χ4v) is 2.16. The Morgan fingerprint density at radius 2 is 2.05 bits per heavy atom. The molecular weight excluding hydrogens is 274 g/mol. The Hall–Kier alpha value is -2.00. The topological polar surface area (TPSA) is 38.3 Å². The van der Waals surface area contributed by atoms with Gasteiger partial charge in [-0.1, -0.05) is 23.7 Å². The van der Waals surface area contributed by atoms with Gasteiger partial charge in [0.1, 0.15) is 0 Å². The lowest BCUT2D eigenvalue weighted by Gasteiger charge is -2.11. The van der Waals surface area contributed by atoms with Gasteiger partial charge < -0.3 is 10.1 Å². The minimum atomic E-state index is -0.325. The third kappa shape index (κ3) is 3.52. The lowest BCUT2D eigenvalue weighted by molar-refractivity contribution is 0.0600. The van der Waals surface area contributed by atoms with Crippen LogP contribution in [0.1, 0.15) is 21.5 Å². The average molecular weight is 290 g/mol. The number of hydrogen-bond donors (Lipinski definition) is 1. The highest BCUT2D eigenvalue weighted by molar-refractivity contribution is 6.30. The monoisotopic (exact) mass is 289 g/mol. The van der Waals surface area contributed by atoms with Crippen molar-refractivity contribution in [3.63, 3.8) is 0 Å². The quantitative estimate of drug-likeness (QED) is 0.863. The molecule has 104 valence electrons. The van der Waals surface area contributed by atoms with Crippen molar-refractivity contribution in [3.8, 4) is 0 Å². The van der Waals surface area contributed by atoms with E-state index in [2.05, 4.69) is 5.32 Å². The van der Waals surface area contributed by atoms with E-state index < -0.39 is 0 Å². The zero-order chi connectivity index (χ0) is 14.5. The number of carbonyl (C=O) groups is 1. The van der Waals surface area contributed by atoms with Crippen LogP contribution in [0.2, 0.25) is 5.02 Å². The highest BCUT2D eigenvalue weighted by Crippen LogP contribution is 2.19. The van der Waals surface area contributed by atoms with E-state index in [0.717, 1.165) is 21.8 Å². The first-order valence-electron chi connectivity index (χ1n) is 6.27. The number of nitrogens with one attached hydrogen (secondary N) is 1. The number of halogens is 1. The van der Waals surface area contributed by atoms with Crippen LogP contribution in [0.5, 0.6) is 0 Å². The van der Waals surface area contributed by atoms with E-state index in [9.17, 15) is 4.79 Å². The Labute approximate surface area is 123 Å². The number of aryl methyl sites for hydroxylation is 1. The molecule has 0 bridgehead atoms. The van der Waals surface area contributed by atoms with Gasteiger partial charge in [-0.25, -0.2) is 4.79 Å². The molecule has 2 aromatic rings. The summed E-state index contributed by atoms with van der Waals surface area (Å²) < 4.78 is 4.70. The fourth-order valence-electron chi connectivity index (χ4n) is 1.95. The van der Waals surface area contributed by atoms with Gasteiger partial charge in [0.2, 0.25) is 0 Å². The van der Waals surface area contributed by atoms with E-state index in [1.165, 1.54) is 7.11 Å². The second-order valence-electron chi connectivity index (χ2n) is 4.50. The Morgan fingerprint density at radius 3 is 2.70 bits per heavy atom. The minimum absolute atomic E-state index is 0.325. The molecule has 0 spiro atoms. The van der Waals surface area contributed by atoms with Crippen LogP contribution in [-0.4, -0.2) is 13.1 Å². The van der Waals surface area contributed by atoms with Gasteiger partial charge in [-0.2, -0.15) is 0 Å². The van der Waals surface area contributed by atoms with E-state index >= 15 is 0 Å². The van der Waals surface area contributed by atoms with Crippen LogP contribution in [0.15, 0.2) is 42.5 Å². The number of esters is 1. The van der Waals surface area contributed by atoms with Gasteiger partial charge in [-0.15, -0.1) is 0 Å². The number of hydrogen-bond acceptors (Lipinski definition) is 3. The summed E-state index contributed by atoms with van der Waals surface area (Å²) in [5, 5.41) is 4.05. The van der Waals surface area contributed by atoms with E-state index in [0.29, 0.717) is 12.1 Å². The molecule has 1 N–H and O–H groups in total. The van der Waals surface area contributed by atoms with Crippen molar-refractivity contribution in [1.82, 2.24) is 0 Å². The number of methoxy groups -OCH3 is 1. The first-order chi connectivity index (χ1) is 9.60. The number of ether oxygens (including phenoxy) is 1. The maximum atomic E-state index is 11.4. The highest BCUT2D eigenvalue weighted by atomic mass is 35.5. The van der Waals surface area contributed by atoms with Crippen molar-refractivity contribution in [2.24, 2.45) is 0 Å². The zero-order valence-corrected chi connectivity index (χ0v) is 12.2. The summed E-state index contributed by atoms with van der Waals surface area (Å²) in [5.74, 6) is -0.325. The minimum Gasteiger partial charge on any atom is -0.465 e. The number of rotatable bonds is 4. The summed E-state index contributed by atoms with van der Waals surface area (Å²) in [5.41, 5.74) is 3.64. The molecule has 3 nitrogen and oxygen atoms in total. The molecule has 2 rings (SSSR count). The fraction of sp³-hybridized carbons (Fsp3) is 0.188. The van der Waals surface area contributed by atoms with Crippen LogP contribution in [0.4, 0.5) is 5.69 Å². The number of anilines is 1. The third-order valence-electron chi connectivity index (χ3n) is 3.02. The smallest absolute Gasteiger partial charge is 0.337 e. The Kier molecular flexibility index (Phi) is 4.64. The molecule has 0 aliphatic heterocycles.